The molecule has 1 N–H and O–H groups in total. The van der Waals surface area contributed by atoms with Crippen molar-refractivity contribution in [3.05, 3.63) is 59.2 Å². The number of carboxylic acid groups (broad SMARTS) is 2. The van der Waals surface area contributed by atoms with E-state index in [1.54, 1.807) is 0 Å². The molecule has 0 radical (unpaired) electrons. The number of alkyl halides is 3. The molecule has 27 heavy (non-hydrogen) atoms. The van der Waals surface area contributed by atoms with Crippen LogP contribution in [0.4, 0.5) is 18.0 Å². The van der Waals surface area contributed by atoms with Crippen LogP contribution in [0.25, 0.3) is 0 Å². The molecule has 0 fully saturated rings. The summed E-state index contributed by atoms with van der Waals surface area (Å²) in [6.07, 6.45) is -6.19. The van der Waals surface area contributed by atoms with Gasteiger partial charge >= 0.3 is 109 Å². The number of aromatic hydroxyl groups is 1. The molecule has 0 saturated carbocycles. The van der Waals surface area contributed by atoms with Crippen molar-refractivity contribution in [3.8, 4) is 11.5 Å². The van der Waals surface area contributed by atoms with E-state index in [2.05, 4.69) is 0 Å². The fourth-order valence-corrected chi connectivity index (χ4v) is 1.67. The van der Waals surface area contributed by atoms with Crippen LogP contribution in [0.3, 0.4) is 0 Å². The van der Waals surface area contributed by atoms with Gasteiger partial charge in [0.25, 0.3) is 0 Å². The Kier molecular flexibility index (Phi) is 15.3. The molecule has 134 valence electrons. The smallest absolute Gasteiger partial charge is 0.652 e. The second-order valence-electron chi connectivity index (χ2n) is 4.57. The largest absolute Gasteiger partial charge is 1.00 e. The molecule has 0 amide bonds. The maximum absolute atomic E-state index is 12.4. The summed E-state index contributed by atoms with van der Waals surface area (Å²) in [5.74, 6) is 0.105. The molecule has 0 aromatic heterocycles. The molecule has 0 saturated heterocycles. The molecule has 0 aliphatic carbocycles. The Hall–Kier alpha value is 0.0427. The molecule has 6 nitrogen and oxygen atoms in total. The standard InChI is InChI=1S/C15H11F3O3.CH2O3.2K/c16-15(17,18)12-4-1-10(2-5-12)9-21-13-6-3-11(8-19)14(20)7-13;2-1(3)4;;/h1-8,20H,9H2;(H2,2,3,4);;/q;;2*+1/p-2. The molecule has 0 heterocycles. The van der Waals surface area contributed by atoms with Crippen molar-refractivity contribution in [2.24, 2.45) is 0 Å². The summed E-state index contributed by atoms with van der Waals surface area (Å²) in [5.41, 5.74) is -0.0296. The Balaban J connectivity index is 0. The van der Waals surface area contributed by atoms with Gasteiger partial charge in [-0.15, -0.1) is 0 Å². The normalized spacial score (nSPS) is 9.59. The van der Waals surface area contributed by atoms with E-state index in [0.29, 0.717) is 17.6 Å². The van der Waals surface area contributed by atoms with Gasteiger partial charge in [-0.1, -0.05) is 12.1 Å². The van der Waals surface area contributed by atoms with Crippen LogP contribution >= 0.6 is 0 Å². The van der Waals surface area contributed by atoms with Crippen molar-refractivity contribution in [2.45, 2.75) is 12.8 Å². The molecule has 2 aromatic rings. The van der Waals surface area contributed by atoms with Crippen LogP contribution in [0.5, 0.6) is 11.5 Å². The first-order valence-corrected chi connectivity index (χ1v) is 6.58. The minimum absolute atomic E-state index is 0. The number of aldehydes is 1. The van der Waals surface area contributed by atoms with Crippen LogP contribution in [-0.2, 0) is 12.8 Å². The SMILES string of the molecule is O=C([O-])[O-].O=Cc1ccc(OCc2ccc(C(F)(F)F)cc2)cc1O.[K+].[K+]. The number of benzene rings is 2. The van der Waals surface area contributed by atoms with E-state index < -0.39 is 17.9 Å². The number of phenolic OH excluding ortho intramolecular Hbond substituents is 1. The number of hydrogen-bond acceptors (Lipinski definition) is 6. The average Bonchev–Trinajstić information content (AvgIpc) is 2.52. The van der Waals surface area contributed by atoms with E-state index >= 15 is 0 Å². The minimum atomic E-state index is -4.37. The Labute approximate surface area is 237 Å². The molecule has 0 bridgehead atoms. The fraction of sp³-hybridized carbons (Fsp3) is 0.125. The summed E-state index contributed by atoms with van der Waals surface area (Å²) in [7, 11) is 0. The quantitative estimate of drug-likeness (QED) is 0.383. The van der Waals surface area contributed by atoms with Crippen LogP contribution in [0.15, 0.2) is 42.5 Å². The van der Waals surface area contributed by atoms with Crippen LogP contribution < -0.4 is 118 Å². The third-order valence-corrected chi connectivity index (χ3v) is 2.82. The maximum atomic E-state index is 12.4. The number of carbonyl (C=O) groups excluding carboxylic acids is 2. The first-order chi connectivity index (χ1) is 11.6. The molecule has 11 heteroatoms. The van der Waals surface area contributed by atoms with Crippen molar-refractivity contribution in [1.29, 1.82) is 0 Å². The Morgan fingerprint density at radius 3 is 2.00 bits per heavy atom. The zero-order chi connectivity index (χ0) is 19.0. The van der Waals surface area contributed by atoms with Gasteiger partial charge in [-0.2, -0.15) is 13.2 Å². The monoisotopic (exact) mass is 434 g/mol. The van der Waals surface area contributed by atoms with E-state index in [-0.39, 0.29) is 121 Å². The number of carbonyl (C=O) groups is 2. The summed E-state index contributed by atoms with van der Waals surface area (Å²) >= 11 is 0. The number of ether oxygens (including phenoxy) is 1. The van der Waals surface area contributed by atoms with E-state index in [0.717, 1.165) is 12.1 Å². The molecular weight excluding hydrogens is 423 g/mol. The molecule has 2 aromatic carbocycles. The van der Waals surface area contributed by atoms with E-state index in [4.69, 9.17) is 19.7 Å². The third kappa shape index (κ3) is 11.6. The topological polar surface area (TPSA) is 110 Å². The summed E-state index contributed by atoms with van der Waals surface area (Å²) in [5, 5.41) is 26.1. The van der Waals surface area contributed by atoms with Gasteiger partial charge in [0.2, 0.25) is 0 Å². The predicted molar refractivity (Wildman–Crippen MR) is 74.7 cm³/mol. The molecule has 0 spiro atoms. The number of phenols is 1. The third-order valence-electron chi connectivity index (χ3n) is 2.82. The second kappa shape index (κ2) is 14.1. The van der Waals surface area contributed by atoms with Gasteiger partial charge in [0.15, 0.2) is 6.29 Å². The first-order valence-electron chi connectivity index (χ1n) is 6.58. The van der Waals surface area contributed by atoms with E-state index in [1.807, 2.05) is 0 Å². The second-order valence-corrected chi connectivity index (χ2v) is 4.57. The zero-order valence-corrected chi connectivity index (χ0v) is 20.7. The Bertz CT molecular complexity index is 732. The van der Waals surface area contributed by atoms with Crippen molar-refractivity contribution in [2.75, 3.05) is 0 Å². The van der Waals surface area contributed by atoms with Crippen molar-refractivity contribution >= 4 is 12.4 Å². The van der Waals surface area contributed by atoms with Crippen LogP contribution in [0, 0.1) is 0 Å². The fourth-order valence-electron chi connectivity index (χ4n) is 1.67. The van der Waals surface area contributed by atoms with Gasteiger partial charge in [0.1, 0.15) is 18.1 Å². The predicted octanol–water partition coefficient (Wildman–Crippen LogP) is -4.64. The van der Waals surface area contributed by atoms with Gasteiger partial charge < -0.3 is 24.9 Å². The minimum Gasteiger partial charge on any atom is -0.652 e. The van der Waals surface area contributed by atoms with Gasteiger partial charge in [-0.05, 0) is 36.0 Å². The molecule has 0 aliphatic rings. The Morgan fingerprint density at radius 2 is 1.59 bits per heavy atom. The van der Waals surface area contributed by atoms with E-state index in [9.17, 15) is 23.1 Å². The summed E-state index contributed by atoms with van der Waals surface area (Å²) in [6, 6.07) is 8.76. The van der Waals surface area contributed by atoms with Gasteiger partial charge in [-0.25, -0.2) is 0 Å². The van der Waals surface area contributed by atoms with Gasteiger partial charge in [0.05, 0.1) is 11.1 Å². The molecular formula is C16H11F3K2O6. The number of halogens is 3. The first kappa shape index (κ1) is 29.2. The maximum Gasteiger partial charge on any atom is 1.00 e. The number of rotatable bonds is 4. The van der Waals surface area contributed by atoms with Crippen LogP contribution in [0.2, 0.25) is 0 Å². The van der Waals surface area contributed by atoms with Crippen LogP contribution in [-0.4, -0.2) is 17.5 Å². The Morgan fingerprint density at radius 1 is 1.07 bits per heavy atom. The van der Waals surface area contributed by atoms with Crippen molar-refractivity contribution < 1.29 is 146 Å². The van der Waals surface area contributed by atoms with Crippen molar-refractivity contribution in [1.82, 2.24) is 0 Å². The van der Waals surface area contributed by atoms with Crippen molar-refractivity contribution in [3.63, 3.8) is 0 Å². The zero-order valence-electron chi connectivity index (χ0n) is 14.4. The molecule has 0 unspecified atom stereocenters. The van der Waals surface area contributed by atoms with Gasteiger partial charge in [0, 0.05) is 6.07 Å². The van der Waals surface area contributed by atoms with Gasteiger partial charge in [-0.3, -0.25) is 4.79 Å². The molecule has 0 atom stereocenters. The van der Waals surface area contributed by atoms with Crippen LogP contribution in [0.1, 0.15) is 21.5 Å². The summed E-state index contributed by atoms with van der Waals surface area (Å²) < 4.78 is 42.5. The van der Waals surface area contributed by atoms with E-state index in [1.165, 1.54) is 30.3 Å². The summed E-state index contributed by atoms with van der Waals surface area (Å²) in [4.78, 5) is 18.9. The summed E-state index contributed by atoms with van der Waals surface area (Å²) in [6.45, 7) is 0.0536. The number of hydrogen-bond donors (Lipinski definition) is 1. The molecule has 2 rings (SSSR count). The average molecular weight is 434 g/mol. The molecule has 0 aliphatic heterocycles.